The molecule has 1 aromatic rings. The van der Waals surface area contributed by atoms with Crippen LogP contribution in [0.4, 0.5) is 0 Å². The van der Waals surface area contributed by atoms with Gasteiger partial charge < -0.3 is 10.1 Å². The van der Waals surface area contributed by atoms with Crippen LogP contribution >= 0.6 is 11.6 Å². The van der Waals surface area contributed by atoms with E-state index in [2.05, 4.69) is 28.4 Å². The zero-order chi connectivity index (χ0) is 13.7. The molecule has 1 fully saturated rings. The Balaban J connectivity index is 1.89. The van der Waals surface area contributed by atoms with Gasteiger partial charge in [-0.3, -0.25) is 4.90 Å². The van der Waals surface area contributed by atoms with Crippen molar-refractivity contribution in [3.8, 4) is 0 Å². The fourth-order valence-electron chi connectivity index (χ4n) is 2.48. The minimum atomic E-state index is 0.537. The summed E-state index contributed by atoms with van der Waals surface area (Å²) in [6.45, 7) is 7.06. The Hall–Kier alpha value is -0.610. The van der Waals surface area contributed by atoms with Crippen molar-refractivity contribution in [3.63, 3.8) is 0 Å². The van der Waals surface area contributed by atoms with E-state index in [1.807, 2.05) is 6.92 Å². The van der Waals surface area contributed by atoms with E-state index in [0.717, 1.165) is 49.8 Å². The summed E-state index contributed by atoms with van der Waals surface area (Å²) in [5, 5.41) is 4.41. The van der Waals surface area contributed by atoms with Gasteiger partial charge in [0, 0.05) is 51.0 Å². The summed E-state index contributed by atoms with van der Waals surface area (Å²) in [6, 6.07) is 6.90. The number of hydrogen-bond acceptors (Lipinski definition) is 3. The van der Waals surface area contributed by atoms with Gasteiger partial charge in [0.2, 0.25) is 0 Å². The van der Waals surface area contributed by atoms with Crippen molar-refractivity contribution in [2.24, 2.45) is 0 Å². The average molecular weight is 283 g/mol. The molecular formula is C15H23ClN2O. The summed E-state index contributed by atoms with van der Waals surface area (Å²) in [6.07, 6.45) is 1.07. The minimum absolute atomic E-state index is 0.537. The van der Waals surface area contributed by atoms with Gasteiger partial charge in [-0.15, -0.1) is 0 Å². The molecule has 0 spiro atoms. The Labute approximate surface area is 120 Å². The van der Waals surface area contributed by atoms with Crippen LogP contribution in [-0.2, 0) is 11.3 Å². The monoisotopic (exact) mass is 282 g/mol. The molecule has 0 bridgehead atoms. The summed E-state index contributed by atoms with van der Waals surface area (Å²) in [5.41, 5.74) is 2.44. The van der Waals surface area contributed by atoms with Gasteiger partial charge in [-0.05, 0) is 30.5 Å². The summed E-state index contributed by atoms with van der Waals surface area (Å²) in [7, 11) is 1.76. The number of nitrogens with zero attached hydrogens (tertiary/aromatic N) is 1. The van der Waals surface area contributed by atoms with Crippen LogP contribution in [-0.4, -0.2) is 44.3 Å². The molecule has 0 saturated carbocycles. The van der Waals surface area contributed by atoms with Gasteiger partial charge in [0.05, 0.1) is 0 Å². The number of aryl methyl sites for hydroxylation is 1. The summed E-state index contributed by atoms with van der Waals surface area (Å²) >= 11 is 6.18. The van der Waals surface area contributed by atoms with Gasteiger partial charge in [-0.1, -0.05) is 23.7 Å². The Kier molecular flexibility index (Phi) is 5.64. The van der Waals surface area contributed by atoms with E-state index in [1.165, 1.54) is 5.56 Å². The molecule has 1 N–H and O–H groups in total. The van der Waals surface area contributed by atoms with Crippen LogP contribution in [0.3, 0.4) is 0 Å². The highest BCUT2D eigenvalue weighted by molar-refractivity contribution is 6.31. The van der Waals surface area contributed by atoms with Crippen molar-refractivity contribution in [2.45, 2.75) is 25.9 Å². The minimum Gasteiger partial charge on any atom is -0.385 e. The van der Waals surface area contributed by atoms with E-state index in [9.17, 15) is 0 Å². The lowest BCUT2D eigenvalue weighted by atomic mass is 10.1. The maximum absolute atomic E-state index is 6.18. The highest BCUT2D eigenvalue weighted by Gasteiger charge is 2.19. The molecular weight excluding hydrogens is 260 g/mol. The smallest absolute Gasteiger partial charge is 0.0477 e. The molecule has 1 aromatic carbocycles. The highest BCUT2D eigenvalue weighted by atomic mass is 35.5. The van der Waals surface area contributed by atoms with Crippen LogP contribution in [0.25, 0.3) is 0 Å². The lowest BCUT2D eigenvalue weighted by Gasteiger charge is -2.33. The van der Waals surface area contributed by atoms with Crippen molar-refractivity contribution in [3.05, 3.63) is 34.3 Å². The zero-order valence-corrected chi connectivity index (χ0v) is 12.5. The molecule has 1 unspecified atom stereocenters. The molecule has 4 heteroatoms. The van der Waals surface area contributed by atoms with Crippen LogP contribution in [0.2, 0.25) is 5.02 Å². The van der Waals surface area contributed by atoms with E-state index in [1.54, 1.807) is 7.11 Å². The number of hydrogen-bond donors (Lipinski definition) is 1. The predicted molar refractivity (Wildman–Crippen MR) is 79.7 cm³/mol. The third kappa shape index (κ3) is 4.46. The van der Waals surface area contributed by atoms with E-state index >= 15 is 0 Å². The highest BCUT2D eigenvalue weighted by Crippen LogP contribution is 2.18. The van der Waals surface area contributed by atoms with Crippen molar-refractivity contribution < 1.29 is 4.74 Å². The van der Waals surface area contributed by atoms with Gasteiger partial charge >= 0.3 is 0 Å². The Morgan fingerprint density at radius 3 is 3.05 bits per heavy atom. The van der Waals surface area contributed by atoms with Gasteiger partial charge in [0.15, 0.2) is 0 Å². The lowest BCUT2D eigenvalue weighted by Crippen LogP contribution is -2.50. The number of nitrogens with one attached hydrogen (secondary N) is 1. The molecule has 3 nitrogen and oxygen atoms in total. The lowest BCUT2D eigenvalue weighted by molar-refractivity contribution is 0.144. The fraction of sp³-hybridized carbons (Fsp3) is 0.600. The quantitative estimate of drug-likeness (QED) is 0.898. The van der Waals surface area contributed by atoms with E-state index < -0.39 is 0 Å². The van der Waals surface area contributed by atoms with E-state index in [4.69, 9.17) is 16.3 Å². The summed E-state index contributed by atoms with van der Waals surface area (Å²) in [4.78, 5) is 2.48. The Morgan fingerprint density at radius 1 is 1.47 bits per heavy atom. The molecule has 19 heavy (non-hydrogen) atoms. The maximum Gasteiger partial charge on any atom is 0.0477 e. The van der Waals surface area contributed by atoms with Gasteiger partial charge in [0.1, 0.15) is 0 Å². The molecule has 1 atom stereocenters. The third-order valence-electron chi connectivity index (χ3n) is 3.65. The molecule has 1 heterocycles. The largest absolute Gasteiger partial charge is 0.385 e. The predicted octanol–water partition coefficient (Wildman–Crippen LogP) is 2.46. The topological polar surface area (TPSA) is 24.5 Å². The number of rotatable bonds is 5. The zero-order valence-electron chi connectivity index (χ0n) is 11.8. The molecule has 1 aliphatic heterocycles. The Bertz CT molecular complexity index is 411. The molecule has 0 amide bonds. The van der Waals surface area contributed by atoms with Crippen molar-refractivity contribution in [1.82, 2.24) is 10.2 Å². The molecule has 0 radical (unpaired) electrons. The standard InChI is InChI=1S/C15H23ClN2O/c1-12-3-4-13(9-15(12)16)10-18-7-6-17-14(11-18)5-8-19-2/h3-4,9,14,17H,5-8,10-11H2,1-2H3. The number of methoxy groups -OCH3 is 1. The second kappa shape index (κ2) is 7.25. The SMILES string of the molecule is COCCC1CN(Cc2ccc(C)c(Cl)c2)CCN1. The molecule has 2 rings (SSSR count). The van der Waals surface area contributed by atoms with Crippen molar-refractivity contribution >= 4 is 11.6 Å². The van der Waals surface area contributed by atoms with Gasteiger partial charge in [-0.2, -0.15) is 0 Å². The normalized spacial score (nSPS) is 20.7. The summed E-state index contributed by atoms with van der Waals surface area (Å²) in [5.74, 6) is 0. The first-order valence-electron chi connectivity index (χ1n) is 6.88. The fourth-order valence-corrected chi connectivity index (χ4v) is 2.69. The molecule has 0 aliphatic carbocycles. The van der Waals surface area contributed by atoms with Gasteiger partial charge in [-0.25, -0.2) is 0 Å². The third-order valence-corrected chi connectivity index (χ3v) is 4.06. The second-order valence-electron chi connectivity index (χ2n) is 5.25. The first-order valence-corrected chi connectivity index (χ1v) is 7.26. The van der Waals surface area contributed by atoms with Gasteiger partial charge in [0.25, 0.3) is 0 Å². The number of benzene rings is 1. The number of piperazine rings is 1. The average Bonchev–Trinajstić information content (AvgIpc) is 2.41. The van der Waals surface area contributed by atoms with Crippen LogP contribution in [0, 0.1) is 6.92 Å². The number of halogens is 1. The summed E-state index contributed by atoms with van der Waals surface area (Å²) < 4.78 is 5.15. The maximum atomic E-state index is 6.18. The Morgan fingerprint density at radius 2 is 2.32 bits per heavy atom. The second-order valence-corrected chi connectivity index (χ2v) is 5.66. The molecule has 0 aromatic heterocycles. The van der Waals surface area contributed by atoms with Crippen molar-refractivity contribution in [1.29, 1.82) is 0 Å². The molecule has 106 valence electrons. The van der Waals surface area contributed by atoms with E-state index in [-0.39, 0.29) is 0 Å². The van der Waals surface area contributed by atoms with Crippen LogP contribution < -0.4 is 5.32 Å². The van der Waals surface area contributed by atoms with Crippen molar-refractivity contribution in [2.75, 3.05) is 33.4 Å². The molecule has 1 saturated heterocycles. The first kappa shape index (κ1) is 14.8. The molecule has 1 aliphatic rings. The van der Waals surface area contributed by atoms with Crippen LogP contribution in [0.5, 0.6) is 0 Å². The van der Waals surface area contributed by atoms with E-state index in [0.29, 0.717) is 6.04 Å². The van der Waals surface area contributed by atoms with Crippen LogP contribution in [0.15, 0.2) is 18.2 Å². The van der Waals surface area contributed by atoms with Crippen LogP contribution in [0.1, 0.15) is 17.5 Å². The first-order chi connectivity index (χ1) is 9.19. The number of ether oxygens (including phenoxy) is 1.